The number of benzene rings is 4. The van der Waals surface area contributed by atoms with E-state index >= 15 is 0 Å². The van der Waals surface area contributed by atoms with Crippen molar-refractivity contribution in [2.45, 2.75) is 76.2 Å². The van der Waals surface area contributed by atoms with Gasteiger partial charge in [0.25, 0.3) is 17.1 Å². The molecule has 17 heteroatoms. The summed E-state index contributed by atoms with van der Waals surface area (Å²) >= 11 is 0. The Balaban J connectivity index is 0.000000409. The van der Waals surface area contributed by atoms with Crippen molar-refractivity contribution in [2.75, 3.05) is 0 Å². The van der Waals surface area contributed by atoms with E-state index in [0.717, 1.165) is 28.3 Å². The van der Waals surface area contributed by atoms with Crippen LogP contribution in [-0.2, 0) is 19.2 Å². The standard InChI is InChI=1S/C10H8N2.C9H6N2.C8H8N2O4.C8H9NO2.2C8H8O2/c1-7-3-8(2)10(6-12)4-9(7)5-11;1-7-2-3-8(5-10)4-9(7)6-11;1-5-3-6(2)8(10(13)14)4-7(5)9(11)12;1-6-3-4-7(2)8(5-6)9(10)11;2*1-5-3-8(10)6(2)4-7(5)9/h3-4H,1-2H3;2-4H,1H3;3-4H,1-2H3;3-5H,1-2H3;2*3-4H,1-2H3. The molecule has 4 aromatic carbocycles. The lowest BCUT2D eigenvalue weighted by molar-refractivity contribution is -0.394. The summed E-state index contributed by atoms with van der Waals surface area (Å²) in [5.74, 6) is -0.233. The molecule has 0 aromatic heterocycles. The topological polar surface area (TPSA) is 293 Å². The summed E-state index contributed by atoms with van der Waals surface area (Å²) in [6, 6.07) is 24.3. The van der Waals surface area contributed by atoms with Gasteiger partial charge in [0, 0.05) is 45.0 Å². The molecule has 17 nitrogen and oxygen atoms in total. The van der Waals surface area contributed by atoms with Gasteiger partial charge in [0.05, 0.1) is 67.4 Å². The van der Waals surface area contributed by atoms with Gasteiger partial charge in [-0.05, 0) is 147 Å². The summed E-state index contributed by atoms with van der Waals surface area (Å²) in [4.78, 5) is 73.2. The van der Waals surface area contributed by atoms with E-state index in [1.54, 1.807) is 84.9 Å². The molecule has 0 unspecified atom stereocenters. The van der Waals surface area contributed by atoms with Crippen molar-refractivity contribution in [1.29, 1.82) is 21.0 Å². The maximum atomic E-state index is 10.9. The Hall–Kier alpha value is -9.32. The Kier molecular flexibility index (Phi) is 22.1. The molecule has 0 amide bonds. The Morgan fingerprint density at radius 1 is 0.368 bits per heavy atom. The molecular formula is C51H47N7O10. The van der Waals surface area contributed by atoms with Gasteiger partial charge < -0.3 is 0 Å². The van der Waals surface area contributed by atoms with Gasteiger partial charge >= 0.3 is 0 Å². The summed E-state index contributed by atoms with van der Waals surface area (Å²) in [6.07, 6.45) is 5.49. The number of nitro benzene ring substituents is 3. The molecule has 0 heterocycles. The Labute approximate surface area is 393 Å². The molecule has 0 aliphatic heterocycles. The van der Waals surface area contributed by atoms with Crippen LogP contribution in [0.5, 0.6) is 0 Å². The average molecular weight is 918 g/mol. The van der Waals surface area contributed by atoms with Gasteiger partial charge in [0.15, 0.2) is 23.1 Å². The lowest BCUT2D eigenvalue weighted by Crippen LogP contribution is -2.08. The SMILES string of the molecule is CC1=CC(=O)C(C)=CC1=O.CC1=CC(=O)C(C)=CC1=O.Cc1cc(C)c(C#N)cc1C#N.Cc1cc(C)c([N+](=O)[O-])cc1[N+](=O)[O-].Cc1ccc(C#N)cc1C#N.Cc1ccc(C)c([N+](=O)[O-])c1. The third-order valence-electron chi connectivity index (χ3n) is 9.71. The second-order valence-electron chi connectivity index (χ2n) is 15.2. The number of carbonyl (C=O) groups excluding carboxylic acids is 4. The first kappa shape index (κ1) is 56.7. The van der Waals surface area contributed by atoms with Crippen LogP contribution in [0.1, 0.15) is 88.9 Å². The number of nitriles is 4. The molecule has 0 N–H and O–H groups in total. The fraction of sp³-hybridized carbons (Fsp3) is 0.216. The van der Waals surface area contributed by atoms with E-state index < -0.39 is 9.85 Å². The monoisotopic (exact) mass is 917 g/mol. The molecule has 0 saturated heterocycles. The van der Waals surface area contributed by atoms with Crippen LogP contribution in [0, 0.1) is 124 Å². The van der Waals surface area contributed by atoms with E-state index in [-0.39, 0.29) is 45.1 Å². The maximum absolute atomic E-state index is 10.9. The first-order chi connectivity index (χ1) is 31.7. The smallest absolute Gasteiger partial charge is 0.279 e. The first-order valence-electron chi connectivity index (χ1n) is 20.1. The minimum atomic E-state index is -0.623. The Bertz CT molecular complexity index is 2840. The lowest BCUT2D eigenvalue weighted by Gasteiger charge is -2.03. The Morgan fingerprint density at radius 3 is 1.01 bits per heavy atom. The summed E-state index contributed by atoms with van der Waals surface area (Å²) < 4.78 is 0. The van der Waals surface area contributed by atoms with Crippen LogP contribution in [0.15, 0.2) is 107 Å². The summed E-state index contributed by atoms with van der Waals surface area (Å²) in [6.45, 7) is 18.8. The van der Waals surface area contributed by atoms with Crippen molar-refractivity contribution in [3.05, 3.63) is 199 Å². The predicted octanol–water partition coefficient (Wildman–Crippen LogP) is 10.2. The van der Waals surface area contributed by atoms with E-state index in [0.29, 0.717) is 61.2 Å². The fourth-order valence-electron chi connectivity index (χ4n) is 5.57. The highest BCUT2D eigenvalue weighted by Gasteiger charge is 2.20. The predicted molar refractivity (Wildman–Crippen MR) is 253 cm³/mol. The largest absolute Gasteiger partial charge is 0.290 e. The number of carbonyl (C=O) groups is 4. The highest BCUT2D eigenvalue weighted by atomic mass is 16.6. The van der Waals surface area contributed by atoms with Gasteiger partial charge in [-0.3, -0.25) is 49.5 Å². The van der Waals surface area contributed by atoms with E-state index in [1.807, 2.05) is 64.1 Å². The van der Waals surface area contributed by atoms with E-state index in [2.05, 4.69) is 0 Å². The van der Waals surface area contributed by atoms with Crippen LogP contribution in [0.4, 0.5) is 17.1 Å². The average Bonchev–Trinajstić information content (AvgIpc) is 3.27. The van der Waals surface area contributed by atoms with E-state index in [1.165, 1.54) is 30.4 Å². The van der Waals surface area contributed by atoms with Crippen LogP contribution >= 0.6 is 0 Å². The number of aryl methyl sites for hydroxylation is 7. The number of nitro groups is 3. The highest BCUT2D eigenvalue weighted by molar-refractivity contribution is 6.20. The van der Waals surface area contributed by atoms with Crippen LogP contribution < -0.4 is 0 Å². The van der Waals surface area contributed by atoms with Crippen molar-refractivity contribution < 1.29 is 33.9 Å². The van der Waals surface area contributed by atoms with Crippen molar-refractivity contribution in [3.8, 4) is 24.3 Å². The van der Waals surface area contributed by atoms with E-state index in [4.69, 9.17) is 21.0 Å². The zero-order valence-corrected chi connectivity index (χ0v) is 39.3. The van der Waals surface area contributed by atoms with Gasteiger partial charge in [0.2, 0.25) is 0 Å². The molecule has 0 spiro atoms. The minimum Gasteiger partial charge on any atom is -0.290 e. The molecule has 0 radical (unpaired) electrons. The number of hydrogen-bond donors (Lipinski definition) is 0. The molecule has 0 bridgehead atoms. The van der Waals surface area contributed by atoms with E-state index in [9.17, 15) is 49.5 Å². The second-order valence-corrected chi connectivity index (χ2v) is 15.2. The summed E-state index contributed by atoms with van der Waals surface area (Å²) in [5, 5.41) is 65.8. The minimum absolute atomic E-state index is 0.0582. The normalized spacial score (nSPS) is 11.9. The molecule has 68 heavy (non-hydrogen) atoms. The number of allylic oxidation sites excluding steroid dienone is 8. The van der Waals surface area contributed by atoms with Gasteiger partial charge in [-0.1, -0.05) is 24.3 Å². The van der Waals surface area contributed by atoms with Crippen LogP contribution in [0.3, 0.4) is 0 Å². The molecule has 0 atom stereocenters. The summed E-state index contributed by atoms with van der Waals surface area (Å²) in [5.41, 5.74) is 9.37. The molecule has 0 saturated carbocycles. The van der Waals surface area contributed by atoms with Crippen molar-refractivity contribution in [2.24, 2.45) is 0 Å². The second kappa shape index (κ2) is 26.5. The van der Waals surface area contributed by atoms with Crippen LogP contribution in [0.2, 0.25) is 0 Å². The third-order valence-corrected chi connectivity index (χ3v) is 9.71. The van der Waals surface area contributed by atoms with Crippen molar-refractivity contribution >= 4 is 40.2 Å². The highest BCUT2D eigenvalue weighted by Crippen LogP contribution is 2.27. The van der Waals surface area contributed by atoms with Crippen LogP contribution in [-0.4, -0.2) is 37.9 Å². The third kappa shape index (κ3) is 17.3. The summed E-state index contributed by atoms with van der Waals surface area (Å²) in [7, 11) is 0. The first-order valence-corrected chi connectivity index (χ1v) is 20.1. The van der Waals surface area contributed by atoms with Gasteiger partial charge in [-0.25, -0.2) is 0 Å². The quantitative estimate of drug-likeness (QED) is 0.105. The number of nitrogens with zero attached hydrogens (tertiary/aromatic N) is 7. The molecule has 6 rings (SSSR count). The lowest BCUT2D eigenvalue weighted by atomic mass is 10.00. The molecule has 4 aromatic rings. The molecule has 346 valence electrons. The Morgan fingerprint density at radius 2 is 0.691 bits per heavy atom. The number of ketones is 4. The molecule has 0 fully saturated rings. The fourth-order valence-corrected chi connectivity index (χ4v) is 5.57. The van der Waals surface area contributed by atoms with Crippen molar-refractivity contribution in [1.82, 2.24) is 0 Å². The molecule has 2 aliphatic carbocycles. The zero-order valence-electron chi connectivity index (χ0n) is 39.3. The van der Waals surface area contributed by atoms with Gasteiger partial charge in [-0.2, -0.15) is 21.0 Å². The maximum Gasteiger partial charge on any atom is 0.279 e. The number of hydrogen-bond acceptors (Lipinski definition) is 14. The van der Waals surface area contributed by atoms with Gasteiger partial charge in [0.1, 0.15) is 0 Å². The van der Waals surface area contributed by atoms with Crippen molar-refractivity contribution in [3.63, 3.8) is 0 Å². The number of rotatable bonds is 3. The van der Waals surface area contributed by atoms with Crippen LogP contribution in [0.25, 0.3) is 0 Å². The molecular weight excluding hydrogens is 871 g/mol. The zero-order chi connectivity index (χ0) is 52.2. The van der Waals surface area contributed by atoms with Gasteiger partial charge in [-0.15, -0.1) is 0 Å². The molecule has 2 aliphatic rings.